The van der Waals surface area contributed by atoms with Gasteiger partial charge in [-0.2, -0.15) is 0 Å². The molecule has 0 spiro atoms. The van der Waals surface area contributed by atoms with Crippen molar-refractivity contribution in [3.63, 3.8) is 0 Å². The Morgan fingerprint density at radius 2 is 1.80 bits per heavy atom. The number of nitrogens with two attached hydrogens (primary N) is 1. The third kappa shape index (κ3) is 4.47. The molecule has 2 aromatic carbocycles. The number of hydrogen-bond acceptors (Lipinski definition) is 5. The van der Waals surface area contributed by atoms with Crippen LogP contribution in [0.1, 0.15) is 11.6 Å². The second kappa shape index (κ2) is 8.75. The number of hydrogen-bond donors (Lipinski definition) is 1. The average molecular weight is 403 g/mol. The molecule has 30 heavy (non-hydrogen) atoms. The molecule has 1 unspecified atom stereocenters. The molecule has 2 N–H and O–H groups in total. The second-order valence-corrected chi connectivity index (χ2v) is 6.94. The number of para-hydroxylation sites is 1. The molecule has 2 heterocycles. The summed E-state index contributed by atoms with van der Waals surface area (Å²) in [5.41, 5.74) is 7.80. The van der Waals surface area contributed by atoms with Crippen LogP contribution in [0.15, 0.2) is 72.9 Å². The summed E-state index contributed by atoms with van der Waals surface area (Å²) in [6.07, 6.45) is 1.70. The maximum atomic E-state index is 12.1. The van der Waals surface area contributed by atoms with Gasteiger partial charge in [0.2, 0.25) is 11.8 Å². The van der Waals surface area contributed by atoms with Gasteiger partial charge in [0.15, 0.2) is 0 Å². The number of primary amides is 1. The quantitative estimate of drug-likeness (QED) is 0.683. The van der Waals surface area contributed by atoms with Gasteiger partial charge in [0.05, 0.1) is 18.3 Å². The summed E-state index contributed by atoms with van der Waals surface area (Å²) in [4.78, 5) is 29.4. The van der Waals surface area contributed by atoms with E-state index in [1.165, 1.54) is 4.90 Å². The zero-order chi connectivity index (χ0) is 20.9. The first kappa shape index (κ1) is 19.6. The summed E-state index contributed by atoms with van der Waals surface area (Å²) < 4.78 is 11.2. The van der Waals surface area contributed by atoms with Gasteiger partial charge >= 0.3 is 0 Å². The number of ether oxygens (including phenoxy) is 2. The first-order valence-corrected chi connectivity index (χ1v) is 9.55. The lowest BCUT2D eigenvalue weighted by molar-refractivity contribution is -0.151. The van der Waals surface area contributed by atoms with E-state index in [0.717, 1.165) is 28.3 Å². The predicted molar refractivity (Wildman–Crippen MR) is 111 cm³/mol. The third-order valence-electron chi connectivity index (χ3n) is 4.82. The summed E-state index contributed by atoms with van der Waals surface area (Å²) >= 11 is 0. The van der Waals surface area contributed by atoms with Gasteiger partial charge in [-0.1, -0.05) is 24.3 Å². The summed E-state index contributed by atoms with van der Waals surface area (Å²) in [5.74, 6) is 0.694. The van der Waals surface area contributed by atoms with E-state index in [1.54, 1.807) is 6.20 Å². The number of morpholine rings is 1. The molecule has 1 aliphatic heterocycles. The number of nitrogens with zero attached hydrogens (tertiary/aromatic N) is 2. The molecule has 152 valence electrons. The Morgan fingerprint density at radius 3 is 2.47 bits per heavy atom. The predicted octanol–water partition coefficient (Wildman–Crippen LogP) is 2.93. The fourth-order valence-electron chi connectivity index (χ4n) is 3.34. The van der Waals surface area contributed by atoms with Crippen LogP contribution in [0.2, 0.25) is 0 Å². The van der Waals surface area contributed by atoms with E-state index in [4.69, 9.17) is 15.2 Å². The summed E-state index contributed by atoms with van der Waals surface area (Å²) in [7, 11) is 0. The van der Waals surface area contributed by atoms with Gasteiger partial charge in [-0.3, -0.25) is 14.6 Å². The monoisotopic (exact) mass is 403 g/mol. The van der Waals surface area contributed by atoms with Crippen LogP contribution in [0, 0.1) is 0 Å². The molecule has 4 rings (SSSR count). The number of carbonyl (C=O) groups excluding carboxylic acids is 2. The van der Waals surface area contributed by atoms with E-state index in [0.29, 0.717) is 6.61 Å². The molecule has 0 aliphatic carbocycles. The molecule has 1 fully saturated rings. The lowest BCUT2D eigenvalue weighted by atomic mass is 10.0. The molecule has 1 aliphatic rings. The van der Waals surface area contributed by atoms with Crippen molar-refractivity contribution in [2.75, 3.05) is 19.8 Å². The highest BCUT2D eigenvalue weighted by Gasteiger charge is 2.31. The maximum absolute atomic E-state index is 12.1. The van der Waals surface area contributed by atoms with Crippen LogP contribution in [-0.2, 0) is 14.3 Å². The fraction of sp³-hybridized carbons (Fsp3) is 0.174. The molecule has 2 amide bonds. The lowest BCUT2D eigenvalue weighted by Gasteiger charge is -2.34. The van der Waals surface area contributed by atoms with E-state index >= 15 is 0 Å². The van der Waals surface area contributed by atoms with Gasteiger partial charge in [-0.15, -0.1) is 0 Å². The topological polar surface area (TPSA) is 94.8 Å². The number of pyridine rings is 1. The molecule has 0 saturated carbocycles. The van der Waals surface area contributed by atoms with E-state index in [2.05, 4.69) is 4.98 Å². The number of carbonyl (C=O) groups is 2. The van der Waals surface area contributed by atoms with Gasteiger partial charge < -0.3 is 20.1 Å². The Kier molecular flexibility index (Phi) is 5.72. The largest absolute Gasteiger partial charge is 0.457 e. The van der Waals surface area contributed by atoms with Crippen LogP contribution in [0.25, 0.3) is 11.3 Å². The standard InChI is InChI=1S/C23H21N3O4/c24-22(27)13-26-21(14-29-15-23(26)28)17-8-11-20(25-12-17)16-6-9-19(10-7-16)30-18-4-2-1-3-5-18/h1-12,21H,13-15H2,(H2,24,27). The minimum absolute atomic E-state index is 0.0489. The van der Waals surface area contributed by atoms with Crippen molar-refractivity contribution in [1.29, 1.82) is 0 Å². The average Bonchev–Trinajstić information content (AvgIpc) is 2.76. The van der Waals surface area contributed by atoms with Gasteiger partial charge in [-0.25, -0.2) is 0 Å². The van der Waals surface area contributed by atoms with Crippen molar-refractivity contribution < 1.29 is 19.1 Å². The first-order valence-electron chi connectivity index (χ1n) is 9.55. The van der Waals surface area contributed by atoms with Crippen molar-refractivity contribution in [3.05, 3.63) is 78.5 Å². The van der Waals surface area contributed by atoms with E-state index in [1.807, 2.05) is 66.7 Å². The normalized spacial score (nSPS) is 16.3. The van der Waals surface area contributed by atoms with Crippen LogP contribution in [0.4, 0.5) is 0 Å². The molecular weight excluding hydrogens is 382 g/mol. The molecule has 0 bridgehead atoms. The molecule has 1 saturated heterocycles. The fourth-order valence-corrected chi connectivity index (χ4v) is 3.34. The smallest absolute Gasteiger partial charge is 0.249 e. The molecule has 3 aromatic rings. The third-order valence-corrected chi connectivity index (χ3v) is 4.82. The second-order valence-electron chi connectivity index (χ2n) is 6.94. The lowest BCUT2D eigenvalue weighted by Crippen LogP contribution is -2.47. The summed E-state index contributed by atoms with van der Waals surface area (Å²) in [6, 6.07) is 20.6. The van der Waals surface area contributed by atoms with E-state index < -0.39 is 5.91 Å². The Bertz CT molecular complexity index is 1020. The van der Waals surface area contributed by atoms with Crippen LogP contribution in [-0.4, -0.2) is 41.5 Å². The molecule has 0 radical (unpaired) electrons. The molecule has 7 nitrogen and oxygen atoms in total. The first-order chi connectivity index (χ1) is 14.6. The number of amides is 2. The van der Waals surface area contributed by atoms with Gasteiger partial charge in [0.25, 0.3) is 0 Å². The minimum Gasteiger partial charge on any atom is -0.457 e. The number of aromatic nitrogens is 1. The van der Waals surface area contributed by atoms with Crippen molar-refractivity contribution in [2.24, 2.45) is 5.73 Å². The van der Waals surface area contributed by atoms with Crippen molar-refractivity contribution in [3.8, 4) is 22.8 Å². The summed E-state index contributed by atoms with van der Waals surface area (Å²) in [6.45, 7) is 0.107. The zero-order valence-corrected chi connectivity index (χ0v) is 16.2. The molecular formula is C23H21N3O4. The zero-order valence-electron chi connectivity index (χ0n) is 16.2. The van der Waals surface area contributed by atoms with Crippen LogP contribution in [0.3, 0.4) is 0 Å². The van der Waals surface area contributed by atoms with E-state index in [9.17, 15) is 9.59 Å². The number of rotatable bonds is 6. The highest BCUT2D eigenvalue weighted by atomic mass is 16.5. The van der Waals surface area contributed by atoms with Crippen LogP contribution >= 0.6 is 0 Å². The van der Waals surface area contributed by atoms with Crippen LogP contribution in [0.5, 0.6) is 11.5 Å². The summed E-state index contributed by atoms with van der Waals surface area (Å²) in [5, 5.41) is 0. The Labute approximate surface area is 174 Å². The molecule has 1 atom stereocenters. The van der Waals surface area contributed by atoms with Crippen molar-refractivity contribution >= 4 is 11.8 Å². The molecule has 1 aromatic heterocycles. The Hall–Kier alpha value is -3.71. The minimum atomic E-state index is -0.558. The number of benzene rings is 2. The maximum Gasteiger partial charge on any atom is 0.249 e. The molecule has 7 heteroatoms. The van der Waals surface area contributed by atoms with Gasteiger partial charge in [0.1, 0.15) is 24.7 Å². The Balaban J connectivity index is 1.49. The van der Waals surface area contributed by atoms with Crippen LogP contribution < -0.4 is 10.5 Å². The Morgan fingerprint density at radius 1 is 1.07 bits per heavy atom. The van der Waals surface area contributed by atoms with Crippen molar-refractivity contribution in [1.82, 2.24) is 9.88 Å². The SMILES string of the molecule is NC(=O)CN1C(=O)COCC1c1ccc(-c2ccc(Oc3ccccc3)cc2)nc1. The van der Waals surface area contributed by atoms with Gasteiger partial charge in [0, 0.05) is 11.8 Å². The van der Waals surface area contributed by atoms with Crippen molar-refractivity contribution in [2.45, 2.75) is 6.04 Å². The highest BCUT2D eigenvalue weighted by molar-refractivity contribution is 5.85. The van der Waals surface area contributed by atoms with Gasteiger partial charge in [-0.05, 0) is 48.0 Å². The van der Waals surface area contributed by atoms with E-state index in [-0.39, 0.29) is 25.1 Å². The highest BCUT2D eigenvalue weighted by Crippen LogP contribution is 2.28.